The molecule has 1 heterocycles. The summed E-state index contributed by atoms with van der Waals surface area (Å²) in [4.78, 5) is 1.28. The Kier molecular flexibility index (Phi) is 4.99. The first kappa shape index (κ1) is 11.2. The Bertz CT molecular complexity index is 247. The summed E-state index contributed by atoms with van der Waals surface area (Å²) in [6.07, 6.45) is 2.70. The molecule has 0 spiro atoms. The van der Waals surface area contributed by atoms with Gasteiger partial charge in [-0.2, -0.15) is 0 Å². The van der Waals surface area contributed by atoms with Crippen LogP contribution in [-0.2, 0) is 11.3 Å². The van der Waals surface area contributed by atoms with Crippen molar-refractivity contribution in [1.29, 1.82) is 0 Å². The van der Waals surface area contributed by atoms with Crippen molar-refractivity contribution in [2.24, 2.45) is 0 Å². The smallest absolute Gasteiger partial charge is 0.0824 e. The Morgan fingerprint density at radius 2 is 2.38 bits per heavy atom. The van der Waals surface area contributed by atoms with Crippen molar-refractivity contribution in [2.45, 2.75) is 39.4 Å². The molecule has 1 unspecified atom stereocenters. The van der Waals surface area contributed by atoms with Crippen LogP contribution in [0.2, 0.25) is 0 Å². The predicted octanol–water partition coefficient (Wildman–Crippen LogP) is 4.22. The number of rotatable bonds is 5. The maximum atomic E-state index is 5.69. The summed E-state index contributed by atoms with van der Waals surface area (Å²) in [6.45, 7) is 5.05. The Morgan fingerprint density at radius 3 is 2.92 bits per heavy atom. The van der Waals surface area contributed by atoms with Crippen molar-refractivity contribution in [1.82, 2.24) is 0 Å². The van der Waals surface area contributed by atoms with Crippen LogP contribution in [0.25, 0.3) is 0 Å². The van der Waals surface area contributed by atoms with E-state index < -0.39 is 0 Å². The Morgan fingerprint density at radius 1 is 1.62 bits per heavy atom. The number of ether oxygens (including phenoxy) is 1. The number of hydrogen-bond donors (Lipinski definition) is 0. The van der Waals surface area contributed by atoms with Gasteiger partial charge in [0.15, 0.2) is 0 Å². The lowest BCUT2D eigenvalue weighted by Crippen LogP contribution is -2.06. The molecule has 1 nitrogen and oxygen atoms in total. The molecule has 3 heteroatoms. The van der Waals surface area contributed by atoms with Crippen molar-refractivity contribution in [3.63, 3.8) is 0 Å². The molecule has 0 saturated heterocycles. The van der Waals surface area contributed by atoms with E-state index in [0.717, 1.165) is 13.0 Å². The van der Waals surface area contributed by atoms with Crippen LogP contribution in [-0.4, -0.2) is 6.10 Å². The summed E-state index contributed by atoms with van der Waals surface area (Å²) >= 11 is 5.22. The van der Waals surface area contributed by atoms with Crippen LogP contribution in [0, 0.1) is 0 Å². The summed E-state index contributed by atoms with van der Waals surface area (Å²) in [5, 5.41) is 2.08. The molecule has 0 aromatic carbocycles. The molecule has 0 amide bonds. The summed E-state index contributed by atoms with van der Waals surface area (Å²) in [5.41, 5.74) is 0. The molecule has 1 rings (SSSR count). The van der Waals surface area contributed by atoms with Crippen LogP contribution in [0.1, 0.15) is 31.6 Å². The molecular formula is C10H15BrOS. The molecule has 0 radical (unpaired) electrons. The second-order valence-electron chi connectivity index (χ2n) is 3.10. The molecule has 1 aromatic heterocycles. The molecule has 13 heavy (non-hydrogen) atoms. The summed E-state index contributed by atoms with van der Waals surface area (Å²) in [6, 6.07) is 2.06. The van der Waals surface area contributed by atoms with Gasteiger partial charge in [-0.05, 0) is 40.7 Å². The minimum absolute atomic E-state index is 0.374. The van der Waals surface area contributed by atoms with E-state index in [2.05, 4.69) is 41.2 Å². The highest BCUT2D eigenvalue weighted by molar-refractivity contribution is 9.10. The molecule has 0 aliphatic carbocycles. The first-order valence-corrected chi connectivity index (χ1v) is 6.24. The van der Waals surface area contributed by atoms with Crippen molar-refractivity contribution in [3.8, 4) is 0 Å². The first-order valence-electron chi connectivity index (χ1n) is 4.57. The summed E-state index contributed by atoms with van der Waals surface area (Å²) in [5.74, 6) is 0. The highest BCUT2D eigenvalue weighted by Gasteiger charge is 2.04. The quantitative estimate of drug-likeness (QED) is 0.773. The zero-order chi connectivity index (χ0) is 9.68. The van der Waals surface area contributed by atoms with Crippen LogP contribution in [0.3, 0.4) is 0 Å². The molecular weight excluding hydrogens is 248 g/mol. The van der Waals surface area contributed by atoms with Gasteiger partial charge in [-0.15, -0.1) is 11.3 Å². The highest BCUT2D eigenvalue weighted by Crippen LogP contribution is 2.23. The lowest BCUT2D eigenvalue weighted by atomic mass is 10.2. The first-order chi connectivity index (χ1) is 6.24. The average molecular weight is 263 g/mol. The Labute approximate surface area is 92.2 Å². The fraction of sp³-hybridized carbons (Fsp3) is 0.600. The van der Waals surface area contributed by atoms with E-state index in [0.29, 0.717) is 6.10 Å². The van der Waals surface area contributed by atoms with Crippen LogP contribution in [0.5, 0.6) is 0 Å². The second-order valence-corrected chi connectivity index (χ2v) is 4.96. The maximum absolute atomic E-state index is 5.69. The van der Waals surface area contributed by atoms with Crippen molar-refractivity contribution >= 4 is 27.3 Å². The largest absolute Gasteiger partial charge is 0.373 e. The monoisotopic (exact) mass is 262 g/mol. The minimum Gasteiger partial charge on any atom is -0.373 e. The molecule has 0 saturated carbocycles. The zero-order valence-corrected chi connectivity index (χ0v) is 10.5. The van der Waals surface area contributed by atoms with Gasteiger partial charge in [0, 0.05) is 9.35 Å². The normalized spacial score (nSPS) is 13.2. The van der Waals surface area contributed by atoms with Gasteiger partial charge in [0.1, 0.15) is 0 Å². The SMILES string of the molecule is CCCC(C)OCc1sccc1Br. The van der Waals surface area contributed by atoms with Crippen molar-refractivity contribution in [3.05, 3.63) is 20.8 Å². The van der Waals surface area contributed by atoms with E-state index in [4.69, 9.17) is 4.74 Å². The molecule has 0 N–H and O–H groups in total. The van der Waals surface area contributed by atoms with E-state index in [9.17, 15) is 0 Å². The van der Waals surface area contributed by atoms with Gasteiger partial charge < -0.3 is 4.74 Å². The van der Waals surface area contributed by atoms with Crippen molar-refractivity contribution in [2.75, 3.05) is 0 Å². The fourth-order valence-corrected chi connectivity index (χ4v) is 2.52. The summed E-state index contributed by atoms with van der Waals surface area (Å²) < 4.78 is 6.86. The highest BCUT2D eigenvalue weighted by atomic mass is 79.9. The molecule has 0 bridgehead atoms. The maximum Gasteiger partial charge on any atom is 0.0824 e. The van der Waals surface area contributed by atoms with Crippen LogP contribution < -0.4 is 0 Å². The third-order valence-electron chi connectivity index (χ3n) is 1.89. The van der Waals surface area contributed by atoms with E-state index in [-0.39, 0.29) is 0 Å². The molecule has 0 fully saturated rings. The zero-order valence-electron chi connectivity index (χ0n) is 8.05. The van der Waals surface area contributed by atoms with Gasteiger partial charge in [-0.3, -0.25) is 0 Å². The van der Waals surface area contributed by atoms with Gasteiger partial charge in [0.25, 0.3) is 0 Å². The third-order valence-corrected chi connectivity index (χ3v) is 3.79. The van der Waals surface area contributed by atoms with Crippen LogP contribution >= 0.6 is 27.3 Å². The standard InChI is InChI=1S/C10H15BrOS/c1-3-4-8(2)12-7-10-9(11)5-6-13-10/h5-6,8H,3-4,7H2,1-2H3. The molecule has 74 valence electrons. The van der Waals surface area contributed by atoms with Crippen LogP contribution in [0.4, 0.5) is 0 Å². The minimum atomic E-state index is 0.374. The van der Waals surface area contributed by atoms with Gasteiger partial charge >= 0.3 is 0 Å². The number of halogens is 1. The average Bonchev–Trinajstić information content (AvgIpc) is 2.48. The summed E-state index contributed by atoms with van der Waals surface area (Å²) in [7, 11) is 0. The van der Waals surface area contributed by atoms with Gasteiger partial charge in [-0.25, -0.2) is 0 Å². The van der Waals surface area contributed by atoms with E-state index in [1.807, 2.05) is 0 Å². The number of thiophene rings is 1. The lowest BCUT2D eigenvalue weighted by Gasteiger charge is -2.10. The number of hydrogen-bond acceptors (Lipinski definition) is 2. The topological polar surface area (TPSA) is 9.23 Å². The lowest BCUT2D eigenvalue weighted by molar-refractivity contribution is 0.0485. The fourth-order valence-electron chi connectivity index (χ4n) is 1.14. The second kappa shape index (κ2) is 5.78. The van der Waals surface area contributed by atoms with Gasteiger partial charge in [0.2, 0.25) is 0 Å². The molecule has 0 aliphatic rings. The predicted molar refractivity (Wildman–Crippen MR) is 61.2 cm³/mol. The Balaban J connectivity index is 2.30. The van der Waals surface area contributed by atoms with Gasteiger partial charge in [-0.1, -0.05) is 13.3 Å². The Hall–Kier alpha value is 0.140. The molecule has 1 aromatic rings. The van der Waals surface area contributed by atoms with E-state index in [1.54, 1.807) is 11.3 Å². The third kappa shape index (κ3) is 3.79. The van der Waals surface area contributed by atoms with Crippen molar-refractivity contribution < 1.29 is 4.74 Å². The van der Waals surface area contributed by atoms with Crippen LogP contribution in [0.15, 0.2) is 15.9 Å². The molecule has 0 aliphatic heterocycles. The van der Waals surface area contributed by atoms with E-state index in [1.165, 1.54) is 15.8 Å². The van der Waals surface area contributed by atoms with E-state index >= 15 is 0 Å². The molecule has 1 atom stereocenters. The van der Waals surface area contributed by atoms with Gasteiger partial charge in [0.05, 0.1) is 12.7 Å².